The maximum atomic E-state index is 11.5. The minimum Gasteiger partial charge on any atom is -0.495 e. The van der Waals surface area contributed by atoms with Crippen molar-refractivity contribution in [3.05, 3.63) is 29.1 Å². The first-order chi connectivity index (χ1) is 8.26. The van der Waals surface area contributed by atoms with Crippen LogP contribution < -0.4 is 4.74 Å². The van der Waals surface area contributed by atoms with Crippen molar-refractivity contribution >= 4 is 27.4 Å². The van der Waals surface area contributed by atoms with Crippen LogP contribution in [0.1, 0.15) is 12.5 Å². The zero-order valence-electron chi connectivity index (χ0n) is 9.86. The Balaban J connectivity index is 2.33. The van der Waals surface area contributed by atoms with Gasteiger partial charge in [-0.3, -0.25) is 4.79 Å². The summed E-state index contributed by atoms with van der Waals surface area (Å²) in [5.41, 5.74) is 1.00. The summed E-state index contributed by atoms with van der Waals surface area (Å²) in [5.74, 6) is 0.664. The van der Waals surface area contributed by atoms with Crippen LogP contribution in [0.25, 0.3) is 10.1 Å². The molecule has 0 aliphatic heterocycles. The second kappa shape index (κ2) is 5.19. The van der Waals surface area contributed by atoms with E-state index in [-0.39, 0.29) is 5.97 Å². The number of rotatable bonds is 4. The largest absolute Gasteiger partial charge is 0.495 e. The molecule has 1 aromatic carbocycles. The Bertz CT molecular complexity index is 530. The summed E-state index contributed by atoms with van der Waals surface area (Å²) in [6.07, 6.45) is 0.320. The zero-order chi connectivity index (χ0) is 12.3. The van der Waals surface area contributed by atoms with Crippen molar-refractivity contribution in [1.82, 2.24) is 0 Å². The average molecular weight is 250 g/mol. The van der Waals surface area contributed by atoms with Gasteiger partial charge in [0.2, 0.25) is 0 Å². The molecule has 0 atom stereocenters. The lowest BCUT2D eigenvalue weighted by Gasteiger charge is -2.02. The molecule has 1 aromatic heterocycles. The third kappa shape index (κ3) is 2.42. The molecule has 90 valence electrons. The Morgan fingerprint density at radius 1 is 1.41 bits per heavy atom. The molecule has 0 spiro atoms. The summed E-state index contributed by atoms with van der Waals surface area (Å²) < 4.78 is 11.3. The van der Waals surface area contributed by atoms with E-state index in [4.69, 9.17) is 9.47 Å². The number of benzene rings is 1. The van der Waals surface area contributed by atoms with Crippen molar-refractivity contribution in [2.24, 2.45) is 0 Å². The molecular weight excluding hydrogens is 236 g/mol. The van der Waals surface area contributed by atoms with Crippen LogP contribution in [0.5, 0.6) is 5.75 Å². The molecule has 1 heterocycles. The molecule has 3 nitrogen and oxygen atoms in total. The number of ether oxygens (including phenoxy) is 2. The van der Waals surface area contributed by atoms with E-state index >= 15 is 0 Å². The summed E-state index contributed by atoms with van der Waals surface area (Å²) in [6, 6.07) is 5.86. The van der Waals surface area contributed by atoms with E-state index < -0.39 is 0 Å². The summed E-state index contributed by atoms with van der Waals surface area (Å²) in [6.45, 7) is 2.23. The van der Waals surface area contributed by atoms with Crippen LogP contribution in [0.3, 0.4) is 0 Å². The first kappa shape index (κ1) is 11.9. The van der Waals surface area contributed by atoms with Gasteiger partial charge in [0.15, 0.2) is 0 Å². The Hall–Kier alpha value is -1.55. The molecule has 0 saturated carbocycles. The van der Waals surface area contributed by atoms with E-state index in [2.05, 4.69) is 0 Å². The first-order valence-corrected chi connectivity index (χ1v) is 6.33. The van der Waals surface area contributed by atoms with Gasteiger partial charge in [0.05, 0.1) is 24.8 Å². The van der Waals surface area contributed by atoms with Gasteiger partial charge in [-0.1, -0.05) is 12.1 Å². The summed E-state index contributed by atoms with van der Waals surface area (Å²) in [4.78, 5) is 11.5. The molecule has 2 aromatic rings. The Labute approximate surface area is 104 Å². The lowest BCUT2D eigenvalue weighted by molar-refractivity contribution is -0.142. The summed E-state index contributed by atoms with van der Waals surface area (Å²) >= 11 is 1.59. The predicted octanol–water partition coefficient (Wildman–Crippen LogP) is 3.02. The molecular formula is C13H14O3S. The molecule has 0 bridgehead atoms. The van der Waals surface area contributed by atoms with Crippen LogP contribution in [0.4, 0.5) is 0 Å². The van der Waals surface area contributed by atoms with E-state index in [1.165, 1.54) is 0 Å². The summed E-state index contributed by atoms with van der Waals surface area (Å²) in [5, 5.41) is 3.06. The van der Waals surface area contributed by atoms with Crippen LogP contribution in [0, 0.1) is 0 Å². The smallest absolute Gasteiger partial charge is 0.310 e. The summed E-state index contributed by atoms with van der Waals surface area (Å²) in [7, 11) is 1.65. The van der Waals surface area contributed by atoms with Crippen LogP contribution >= 0.6 is 11.3 Å². The zero-order valence-corrected chi connectivity index (χ0v) is 10.7. The van der Waals surface area contributed by atoms with Gasteiger partial charge in [-0.2, -0.15) is 0 Å². The van der Waals surface area contributed by atoms with E-state index in [1.807, 2.05) is 30.5 Å². The molecule has 0 N–H and O–H groups in total. The standard InChI is InChI=1S/C13H14O3S/c1-3-16-12(14)7-9-8-17-13-10(9)5-4-6-11(13)15-2/h4-6,8H,3,7H2,1-2H3. The average Bonchev–Trinajstić information content (AvgIpc) is 2.73. The number of hydrogen-bond acceptors (Lipinski definition) is 4. The molecule has 4 heteroatoms. The molecule has 0 aliphatic rings. The van der Waals surface area contributed by atoms with Crippen LogP contribution in [-0.2, 0) is 16.0 Å². The van der Waals surface area contributed by atoms with Gasteiger partial charge in [0.25, 0.3) is 0 Å². The number of carbonyl (C=O) groups is 1. The van der Waals surface area contributed by atoms with Crippen molar-refractivity contribution in [1.29, 1.82) is 0 Å². The number of fused-ring (bicyclic) bond motifs is 1. The Morgan fingerprint density at radius 3 is 2.94 bits per heavy atom. The SMILES string of the molecule is CCOC(=O)Cc1csc2c(OC)cccc12. The van der Waals surface area contributed by atoms with Gasteiger partial charge in [-0.25, -0.2) is 0 Å². The van der Waals surface area contributed by atoms with E-state index in [9.17, 15) is 4.79 Å². The van der Waals surface area contributed by atoms with Crippen molar-refractivity contribution < 1.29 is 14.3 Å². The van der Waals surface area contributed by atoms with E-state index in [1.54, 1.807) is 18.4 Å². The first-order valence-electron chi connectivity index (χ1n) is 5.45. The number of methoxy groups -OCH3 is 1. The predicted molar refractivity (Wildman–Crippen MR) is 68.7 cm³/mol. The van der Waals surface area contributed by atoms with Crippen molar-refractivity contribution in [3.8, 4) is 5.75 Å². The number of thiophene rings is 1. The van der Waals surface area contributed by atoms with Gasteiger partial charge >= 0.3 is 5.97 Å². The number of carbonyl (C=O) groups excluding carboxylic acids is 1. The second-order valence-corrected chi connectivity index (χ2v) is 4.46. The van der Waals surface area contributed by atoms with E-state index in [0.29, 0.717) is 13.0 Å². The monoisotopic (exact) mass is 250 g/mol. The van der Waals surface area contributed by atoms with Gasteiger partial charge in [-0.05, 0) is 29.3 Å². The highest BCUT2D eigenvalue weighted by molar-refractivity contribution is 7.17. The Morgan fingerprint density at radius 2 is 2.24 bits per heavy atom. The van der Waals surface area contributed by atoms with Crippen molar-refractivity contribution in [2.45, 2.75) is 13.3 Å². The lowest BCUT2D eigenvalue weighted by Crippen LogP contribution is -2.06. The molecule has 0 aliphatic carbocycles. The van der Waals surface area contributed by atoms with Gasteiger partial charge < -0.3 is 9.47 Å². The molecule has 2 rings (SSSR count). The lowest BCUT2D eigenvalue weighted by atomic mass is 10.1. The van der Waals surface area contributed by atoms with Gasteiger partial charge in [0, 0.05) is 0 Å². The minimum atomic E-state index is -0.185. The minimum absolute atomic E-state index is 0.185. The quantitative estimate of drug-likeness (QED) is 0.782. The number of hydrogen-bond donors (Lipinski definition) is 0. The molecule has 0 radical (unpaired) electrons. The molecule has 17 heavy (non-hydrogen) atoms. The van der Waals surface area contributed by atoms with Crippen LogP contribution in [0.2, 0.25) is 0 Å². The highest BCUT2D eigenvalue weighted by Gasteiger charge is 2.11. The molecule has 0 fully saturated rings. The second-order valence-electron chi connectivity index (χ2n) is 3.58. The maximum Gasteiger partial charge on any atom is 0.310 e. The van der Waals surface area contributed by atoms with E-state index in [0.717, 1.165) is 21.4 Å². The van der Waals surface area contributed by atoms with Crippen LogP contribution in [0.15, 0.2) is 23.6 Å². The normalized spacial score (nSPS) is 10.5. The molecule has 0 unspecified atom stereocenters. The van der Waals surface area contributed by atoms with Gasteiger partial charge in [0.1, 0.15) is 5.75 Å². The molecule has 0 saturated heterocycles. The highest BCUT2D eigenvalue weighted by Crippen LogP contribution is 2.33. The Kier molecular flexibility index (Phi) is 3.64. The topological polar surface area (TPSA) is 35.5 Å². The number of esters is 1. The highest BCUT2D eigenvalue weighted by atomic mass is 32.1. The molecule has 0 amide bonds. The third-order valence-electron chi connectivity index (χ3n) is 2.50. The fourth-order valence-corrected chi connectivity index (χ4v) is 2.81. The van der Waals surface area contributed by atoms with Crippen LogP contribution in [-0.4, -0.2) is 19.7 Å². The van der Waals surface area contributed by atoms with Crippen molar-refractivity contribution in [3.63, 3.8) is 0 Å². The fourth-order valence-electron chi connectivity index (χ4n) is 1.75. The fraction of sp³-hybridized carbons (Fsp3) is 0.308. The van der Waals surface area contributed by atoms with Gasteiger partial charge in [-0.15, -0.1) is 11.3 Å². The van der Waals surface area contributed by atoms with Crippen molar-refractivity contribution in [2.75, 3.05) is 13.7 Å². The third-order valence-corrected chi connectivity index (χ3v) is 3.56. The maximum absolute atomic E-state index is 11.5.